The van der Waals surface area contributed by atoms with E-state index in [1.54, 1.807) is 4.90 Å². The van der Waals surface area contributed by atoms with Crippen LogP contribution in [0.3, 0.4) is 0 Å². The quantitative estimate of drug-likeness (QED) is 0.716. The SMILES string of the molecule is C1CCNCC1.CC(C)(C)OC(=O)N1CCC(O)CC1. The lowest BCUT2D eigenvalue weighted by molar-refractivity contribution is 0.0101. The minimum atomic E-state index is -0.437. The van der Waals surface area contributed by atoms with Gasteiger partial charge in [0, 0.05) is 13.1 Å². The summed E-state index contributed by atoms with van der Waals surface area (Å²) < 4.78 is 5.22. The first-order valence-electron chi connectivity index (χ1n) is 7.75. The van der Waals surface area contributed by atoms with Crippen molar-refractivity contribution >= 4 is 6.09 Å². The molecule has 2 aliphatic heterocycles. The highest BCUT2D eigenvalue weighted by Crippen LogP contribution is 2.14. The van der Waals surface area contributed by atoms with Crippen molar-refractivity contribution in [1.82, 2.24) is 10.2 Å². The number of nitrogens with zero attached hydrogens (tertiary/aromatic N) is 1. The van der Waals surface area contributed by atoms with Gasteiger partial charge in [-0.1, -0.05) is 6.42 Å². The summed E-state index contributed by atoms with van der Waals surface area (Å²) in [5.74, 6) is 0. The molecule has 0 saturated carbocycles. The van der Waals surface area contributed by atoms with Crippen molar-refractivity contribution in [3.05, 3.63) is 0 Å². The maximum atomic E-state index is 11.5. The largest absolute Gasteiger partial charge is 0.444 e. The van der Waals surface area contributed by atoms with E-state index in [0.717, 1.165) is 0 Å². The van der Waals surface area contributed by atoms with Crippen molar-refractivity contribution in [3.63, 3.8) is 0 Å². The second kappa shape index (κ2) is 8.47. The number of amides is 1. The van der Waals surface area contributed by atoms with E-state index in [0.29, 0.717) is 25.9 Å². The zero-order chi connectivity index (χ0) is 15.0. The van der Waals surface area contributed by atoms with Crippen LogP contribution >= 0.6 is 0 Å². The summed E-state index contributed by atoms with van der Waals surface area (Å²) in [5, 5.41) is 12.5. The van der Waals surface area contributed by atoms with Crippen molar-refractivity contribution in [2.45, 2.75) is 64.6 Å². The number of nitrogens with one attached hydrogen (secondary N) is 1. The lowest BCUT2D eigenvalue weighted by atomic mass is 10.1. The van der Waals surface area contributed by atoms with Crippen molar-refractivity contribution in [2.24, 2.45) is 0 Å². The molecule has 2 fully saturated rings. The molecule has 2 heterocycles. The summed E-state index contributed by atoms with van der Waals surface area (Å²) >= 11 is 0. The first-order chi connectivity index (χ1) is 9.38. The summed E-state index contributed by atoms with van der Waals surface area (Å²) in [7, 11) is 0. The Bertz CT molecular complexity index is 266. The van der Waals surface area contributed by atoms with Crippen molar-refractivity contribution in [1.29, 1.82) is 0 Å². The number of aliphatic hydroxyl groups excluding tert-OH is 1. The van der Waals surface area contributed by atoms with Gasteiger partial charge < -0.3 is 20.1 Å². The molecule has 1 amide bonds. The molecular formula is C15H30N2O3. The Balaban J connectivity index is 0.000000276. The Labute approximate surface area is 122 Å². The Kier molecular flexibility index (Phi) is 7.30. The van der Waals surface area contributed by atoms with E-state index in [9.17, 15) is 9.90 Å². The highest BCUT2D eigenvalue weighted by Gasteiger charge is 2.25. The van der Waals surface area contributed by atoms with Crippen LogP contribution in [0.4, 0.5) is 4.79 Å². The number of likely N-dealkylation sites (tertiary alicyclic amines) is 1. The average Bonchev–Trinajstić information content (AvgIpc) is 2.40. The second-order valence-electron chi connectivity index (χ2n) is 6.51. The molecule has 20 heavy (non-hydrogen) atoms. The normalized spacial score (nSPS) is 20.9. The van der Waals surface area contributed by atoms with Gasteiger partial charge in [0.1, 0.15) is 5.60 Å². The Hall–Kier alpha value is -0.810. The summed E-state index contributed by atoms with van der Waals surface area (Å²) in [6.45, 7) is 9.24. The number of carbonyl (C=O) groups is 1. The standard InChI is InChI=1S/C10H19NO3.C5H11N/c1-10(2,3)14-9(13)11-6-4-8(12)5-7-11;1-2-4-6-5-3-1/h8,12H,4-7H2,1-3H3;6H,1-5H2. The van der Waals surface area contributed by atoms with Gasteiger partial charge in [0.05, 0.1) is 6.10 Å². The Morgan fingerprint density at radius 1 is 1.15 bits per heavy atom. The molecule has 2 aliphatic rings. The summed E-state index contributed by atoms with van der Waals surface area (Å²) in [5.41, 5.74) is -0.437. The summed E-state index contributed by atoms with van der Waals surface area (Å²) in [6, 6.07) is 0. The minimum Gasteiger partial charge on any atom is -0.444 e. The first kappa shape index (κ1) is 17.2. The van der Waals surface area contributed by atoms with Gasteiger partial charge in [-0.2, -0.15) is 0 Å². The van der Waals surface area contributed by atoms with Crippen LogP contribution in [0, 0.1) is 0 Å². The van der Waals surface area contributed by atoms with Gasteiger partial charge in [-0.3, -0.25) is 0 Å². The zero-order valence-corrected chi connectivity index (χ0v) is 13.2. The molecule has 0 aromatic rings. The predicted octanol–water partition coefficient (Wildman–Crippen LogP) is 2.14. The molecule has 5 heteroatoms. The number of piperidine rings is 2. The van der Waals surface area contributed by atoms with Crippen LogP contribution in [0.15, 0.2) is 0 Å². The molecule has 0 radical (unpaired) electrons. The van der Waals surface area contributed by atoms with Crippen molar-refractivity contribution in [3.8, 4) is 0 Å². The number of hydrogen-bond donors (Lipinski definition) is 2. The van der Waals surface area contributed by atoms with Gasteiger partial charge in [-0.25, -0.2) is 4.79 Å². The molecule has 0 bridgehead atoms. The van der Waals surface area contributed by atoms with Crippen LogP contribution in [0.5, 0.6) is 0 Å². The highest BCUT2D eigenvalue weighted by molar-refractivity contribution is 5.68. The number of hydrogen-bond acceptors (Lipinski definition) is 4. The third kappa shape index (κ3) is 7.70. The Morgan fingerprint density at radius 3 is 2.05 bits per heavy atom. The maximum absolute atomic E-state index is 11.5. The maximum Gasteiger partial charge on any atom is 0.410 e. The van der Waals surface area contributed by atoms with Crippen molar-refractivity contribution in [2.75, 3.05) is 26.2 Å². The van der Waals surface area contributed by atoms with E-state index in [-0.39, 0.29) is 12.2 Å². The van der Waals surface area contributed by atoms with E-state index in [2.05, 4.69) is 5.32 Å². The molecular weight excluding hydrogens is 256 g/mol. The monoisotopic (exact) mass is 286 g/mol. The predicted molar refractivity (Wildman–Crippen MR) is 79.8 cm³/mol. The Morgan fingerprint density at radius 2 is 1.70 bits per heavy atom. The third-order valence-corrected chi connectivity index (χ3v) is 3.32. The molecule has 118 valence electrons. The minimum absolute atomic E-state index is 0.256. The van der Waals surface area contributed by atoms with Gasteiger partial charge in [0.15, 0.2) is 0 Å². The molecule has 2 saturated heterocycles. The van der Waals surface area contributed by atoms with E-state index < -0.39 is 5.60 Å². The van der Waals surface area contributed by atoms with Crippen LogP contribution in [0.1, 0.15) is 52.9 Å². The van der Waals surface area contributed by atoms with E-state index in [1.165, 1.54) is 32.4 Å². The molecule has 0 atom stereocenters. The van der Waals surface area contributed by atoms with Gasteiger partial charge >= 0.3 is 6.09 Å². The summed E-state index contributed by atoms with van der Waals surface area (Å²) in [4.78, 5) is 13.2. The molecule has 2 rings (SSSR count). The van der Waals surface area contributed by atoms with Gasteiger partial charge in [-0.15, -0.1) is 0 Å². The van der Waals surface area contributed by atoms with Crippen LogP contribution in [-0.2, 0) is 4.74 Å². The topological polar surface area (TPSA) is 61.8 Å². The smallest absolute Gasteiger partial charge is 0.410 e. The summed E-state index contributed by atoms with van der Waals surface area (Å²) in [6.07, 6.45) is 4.99. The van der Waals surface area contributed by atoms with Crippen LogP contribution in [0.25, 0.3) is 0 Å². The number of ether oxygens (including phenoxy) is 1. The van der Waals surface area contributed by atoms with E-state index >= 15 is 0 Å². The van der Waals surface area contributed by atoms with Gasteiger partial charge in [0.25, 0.3) is 0 Å². The lowest BCUT2D eigenvalue weighted by Gasteiger charge is -2.31. The molecule has 0 aromatic heterocycles. The van der Waals surface area contributed by atoms with Crippen LogP contribution < -0.4 is 5.32 Å². The number of rotatable bonds is 0. The molecule has 0 aromatic carbocycles. The third-order valence-electron chi connectivity index (χ3n) is 3.32. The molecule has 2 N–H and O–H groups in total. The van der Waals surface area contributed by atoms with Gasteiger partial charge in [-0.05, 0) is 59.5 Å². The van der Waals surface area contributed by atoms with E-state index in [1.807, 2.05) is 20.8 Å². The van der Waals surface area contributed by atoms with Gasteiger partial charge in [0.2, 0.25) is 0 Å². The molecule has 5 nitrogen and oxygen atoms in total. The fourth-order valence-corrected chi connectivity index (χ4v) is 2.18. The zero-order valence-electron chi connectivity index (χ0n) is 13.2. The van der Waals surface area contributed by atoms with Crippen LogP contribution in [-0.4, -0.2) is 54.0 Å². The van der Waals surface area contributed by atoms with E-state index in [4.69, 9.17) is 4.74 Å². The lowest BCUT2D eigenvalue weighted by Crippen LogP contribution is -2.42. The molecule has 0 spiro atoms. The first-order valence-corrected chi connectivity index (χ1v) is 7.75. The van der Waals surface area contributed by atoms with Crippen LogP contribution in [0.2, 0.25) is 0 Å². The fourth-order valence-electron chi connectivity index (χ4n) is 2.18. The fraction of sp³-hybridized carbons (Fsp3) is 0.933. The molecule has 0 unspecified atom stereocenters. The highest BCUT2D eigenvalue weighted by atomic mass is 16.6. The second-order valence-corrected chi connectivity index (χ2v) is 6.51. The average molecular weight is 286 g/mol. The number of aliphatic hydroxyl groups is 1. The molecule has 0 aliphatic carbocycles. The number of carbonyl (C=O) groups excluding carboxylic acids is 1. The van der Waals surface area contributed by atoms with Crippen molar-refractivity contribution < 1.29 is 14.6 Å².